The Hall–Kier alpha value is -4.71. The highest BCUT2D eigenvalue weighted by Crippen LogP contribution is 2.33. The second-order valence-electron chi connectivity index (χ2n) is 12.7. The van der Waals surface area contributed by atoms with Gasteiger partial charge in [-0.3, -0.25) is 4.79 Å². The Balaban J connectivity index is 1.43. The van der Waals surface area contributed by atoms with Crippen LogP contribution in [0.4, 0.5) is 28.0 Å². The highest BCUT2D eigenvalue weighted by molar-refractivity contribution is 6.03. The van der Waals surface area contributed by atoms with E-state index < -0.39 is 41.0 Å². The van der Waals surface area contributed by atoms with Crippen LogP contribution in [0.2, 0.25) is 0 Å². The number of anilines is 1. The molecule has 1 aromatic heterocycles. The standard InChI is InChI=1S/C35H37F4N5O3/c1-21-7-5-9-24(15-21)31(40-19-22-11-12-22)25-13-14-27(36)28(17-25)42-32(45)29-18-30(35(37,38)39)43-44(29)26-10-6-8-23(16-26)20-41-33(46)47-34(2,3)4/h5-10,13-18,22,31,40H,11-12,19-20H2,1-4H3,(H,41,46)(H,42,45). The van der Waals surface area contributed by atoms with Gasteiger partial charge in [-0.15, -0.1) is 0 Å². The quantitative estimate of drug-likeness (QED) is 0.153. The number of aromatic nitrogens is 2. The summed E-state index contributed by atoms with van der Waals surface area (Å²) >= 11 is 0. The first-order valence-corrected chi connectivity index (χ1v) is 15.3. The lowest BCUT2D eigenvalue weighted by molar-refractivity contribution is -0.141. The molecule has 3 N–H and O–H groups in total. The van der Waals surface area contributed by atoms with Crippen LogP contribution >= 0.6 is 0 Å². The lowest BCUT2D eigenvalue weighted by Crippen LogP contribution is -2.32. The van der Waals surface area contributed by atoms with E-state index in [1.54, 1.807) is 39.0 Å². The maximum absolute atomic E-state index is 15.1. The summed E-state index contributed by atoms with van der Waals surface area (Å²) in [5.74, 6) is -1.17. The van der Waals surface area contributed by atoms with Crippen LogP contribution in [-0.4, -0.2) is 33.9 Å². The normalized spacial score (nSPS) is 14.0. The number of alkyl halides is 3. The minimum atomic E-state index is -4.85. The predicted molar refractivity (Wildman–Crippen MR) is 170 cm³/mol. The first-order valence-electron chi connectivity index (χ1n) is 15.3. The first-order chi connectivity index (χ1) is 22.2. The molecule has 1 fully saturated rings. The van der Waals surface area contributed by atoms with Crippen LogP contribution in [0.5, 0.6) is 0 Å². The van der Waals surface area contributed by atoms with Crippen molar-refractivity contribution in [2.75, 3.05) is 11.9 Å². The molecular formula is C35H37F4N5O3. The van der Waals surface area contributed by atoms with Gasteiger partial charge in [0, 0.05) is 12.6 Å². The van der Waals surface area contributed by atoms with Crippen molar-refractivity contribution in [1.29, 1.82) is 0 Å². The monoisotopic (exact) mass is 651 g/mol. The molecular weight excluding hydrogens is 614 g/mol. The maximum atomic E-state index is 15.1. The molecule has 1 saturated carbocycles. The number of ether oxygens (including phenoxy) is 1. The highest BCUT2D eigenvalue weighted by Gasteiger charge is 2.36. The lowest BCUT2D eigenvalue weighted by atomic mass is 9.96. The van der Waals surface area contributed by atoms with E-state index in [9.17, 15) is 22.8 Å². The highest BCUT2D eigenvalue weighted by atomic mass is 19.4. The Morgan fingerprint density at radius 2 is 1.70 bits per heavy atom. The molecule has 0 radical (unpaired) electrons. The molecule has 1 aliphatic carbocycles. The number of carbonyl (C=O) groups excluding carboxylic acids is 2. The summed E-state index contributed by atoms with van der Waals surface area (Å²) in [6.07, 6.45) is -3.25. The van der Waals surface area contributed by atoms with Gasteiger partial charge < -0.3 is 20.7 Å². The van der Waals surface area contributed by atoms with Gasteiger partial charge in [-0.2, -0.15) is 18.3 Å². The van der Waals surface area contributed by atoms with Crippen LogP contribution < -0.4 is 16.0 Å². The van der Waals surface area contributed by atoms with E-state index in [1.807, 2.05) is 31.2 Å². The second kappa shape index (κ2) is 13.6. The molecule has 1 heterocycles. The molecule has 8 nitrogen and oxygen atoms in total. The Morgan fingerprint density at radius 3 is 2.38 bits per heavy atom. The number of carbonyl (C=O) groups is 2. The number of amides is 2. The molecule has 0 spiro atoms. The minimum absolute atomic E-state index is 0.00652. The van der Waals surface area contributed by atoms with Crippen LogP contribution in [0, 0.1) is 18.7 Å². The number of halogens is 4. The molecule has 5 rings (SSSR count). The van der Waals surface area contributed by atoms with Crippen molar-refractivity contribution < 1.29 is 31.9 Å². The topological polar surface area (TPSA) is 97.3 Å². The Bertz CT molecular complexity index is 1760. The van der Waals surface area contributed by atoms with Crippen molar-refractivity contribution in [3.8, 4) is 5.69 Å². The SMILES string of the molecule is Cc1cccc(C(NCC2CC2)c2ccc(F)c(NC(=O)c3cc(C(F)(F)F)nn3-c3cccc(CNC(=O)OC(C)(C)C)c3)c2)c1. The lowest BCUT2D eigenvalue weighted by Gasteiger charge is -2.21. The number of nitrogens with zero attached hydrogens (tertiary/aromatic N) is 2. The third-order valence-corrected chi connectivity index (χ3v) is 7.48. The van der Waals surface area contributed by atoms with E-state index in [0.717, 1.165) is 35.2 Å². The van der Waals surface area contributed by atoms with E-state index in [0.29, 0.717) is 23.1 Å². The van der Waals surface area contributed by atoms with Gasteiger partial charge in [-0.05, 0) is 94.0 Å². The molecule has 3 aromatic carbocycles. The van der Waals surface area contributed by atoms with Crippen LogP contribution in [0.25, 0.3) is 5.69 Å². The molecule has 1 aliphatic rings. The van der Waals surface area contributed by atoms with Gasteiger partial charge in [0.05, 0.1) is 17.4 Å². The summed E-state index contributed by atoms with van der Waals surface area (Å²) in [5.41, 5.74) is 0.691. The molecule has 1 unspecified atom stereocenters. The van der Waals surface area contributed by atoms with E-state index >= 15 is 4.39 Å². The molecule has 2 amide bonds. The van der Waals surface area contributed by atoms with Crippen molar-refractivity contribution in [2.45, 2.75) is 64.9 Å². The van der Waals surface area contributed by atoms with Gasteiger partial charge in [-0.25, -0.2) is 13.9 Å². The Labute approximate surface area is 270 Å². The van der Waals surface area contributed by atoms with E-state index in [1.165, 1.54) is 24.3 Å². The molecule has 0 saturated heterocycles. The molecule has 12 heteroatoms. The zero-order valence-electron chi connectivity index (χ0n) is 26.5. The summed E-state index contributed by atoms with van der Waals surface area (Å²) in [4.78, 5) is 25.7. The molecule has 0 bridgehead atoms. The largest absolute Gasteiger partial charge is 0.444 e. The van der Waals surface area contributed by atoms with Gasteiger partial charge >= 0.3 is 12.3 Å². The number of rotatable bonds is 10. The van der Waals surface area contributed by atoms with E-state index in [-0.39, 0.29) is 24.0 Å². The first kappa shape index (κ1) is 33.6. The fourth-order valence-electron chi connectivity index (χ4n) is 5.05. The smallest absolute Gasteiger partial charge is 0.435 e. The van der Waals surface area contributed by atoms with Crippen LogP contribution in [0.1, 0.15) is 78.1 Å². The van der Waals surface area contributed by atoms with Gasteiger partial charge in [0.2, 0.25) is 0 Å². The number of benzene rings is 3. The molecule has 47 heavy (non-hydrogen) atoms. The summed E-state index contributed by atoms with van der Waals surface area (Å²) in [5, 5.41) is 12.3. The van der Waals surface area contributed by atoms with Crippen LogP contribution in [-0.2, 0) is 17.5 Å². The van der Waals surface area contributed by atoms with Crippen molar-refractivity contribution in [3.63, 3.8) is 0 Å². The van der Waals surface area contributed by atoms with Crippen LogP contribution in [0.3, 0.4) is 0 Å². The van der Waals surface area contributed by atoms with Gasteiger partial charge in [0.1, 0.15) is 17.1 Å². The molecule has 0 aliphatic heterocycles. The van der Waals surface area contributed by atoms with Crippen molar-refractivity contribution >= 4 is 17.7 Å². The van der Waals surface area contributed by atoms with Crippen molar-refractivity contribution in [1.82, 2.24) is 20.4 Å². The van der Waals surface area contributed by atoms with Gasteiger partial charge in [0.25, 0.3) is 5.91 Å². The van der Waals surface area contributed by atoms with Crippen LogP contribution in [0.15, 0.2) is 72.8 Å². The summed E-state index contributed by atoms with van der Waals surface area (Å²) < 4.78 is 62.6. The average Bonchev–Trinajstić information content (AvgIpc) is 3.70. The maximum Gasteiger partial charge on any atom is 0.435 e. The van der Waals surface area contributed by atoms with Crippen molar-refractivity contribution in [3.05, 3.63) is 112 Å². The number of hydrogen-bond donors (Lipinski definition) is 3. The summed E-state index contributed by atoms with van der Waals surface area (Å²) in [6.45, 7) is 7.89. The predicted octanol–water partition coefficient (Wildman–Crippen LogP) is 7.70. The fraction of sp³-hybridized carbons (Fsp3) is 0.343. The second-order valence-corrected chi connectivity index (χ2v) is 12.7. The zero-order valence-corrected chi connectivity index (χ0v) is 26.5. The van der Waals surface area contributed by atoms with Crippen molar-refractivity contribution in [2.24, 2.45) is 5.92 Å². The average molecular weight is 652 g/mol. The minimum Gasteiger partial charge on any atom is -0.444 e. The summed E-state index contributed by atoms with van der Waals surface area (Å²) in [7, 11) is 0. The number of hydrogen-bond acceptors (Lipinski definition) is 5. The number of nitrogens with one attached hydrogen (secondary N) is 3. The fourth-order valence-corrected chi connectivity index (χ4v) is 5.05. The third-order valence-electron chi connectivity index (χ3n) is 7.48. The number of alkyl carbamates (subject to hydrolysis) is 1. The van der Waals surface area contributed by atoms with Gasteiger partial charge in [0.15, 0.2) is 5.69 Å². The third kappa shape index (κ3) is 8.97. The van der Waals surface area contributed by atoms with E-state index in [2.05, 4.69) is 21.0 Å². The molecule has 4 aromatic rings. The van der Waals surface area contributed by atoms with Gasteiger partial charge in [-0.1, -0.05) is 48.0 Å². The number of aryl methyl sites for hydroxylation is 1. The molecule has 1 atom stereocenters. The summed E-state index contributed by atoms with van der Waals surface area (Å²) in [6, 6.07) is 18.7. The van der Waals surface area contributed by atoms with E-state index in [4.69, 9.17) is 4.74 Å². The Kier molecular flexibility index (Phi) is 9.71. The Morgan fingerprint density at radius 1 is 0.979 bits per heavy atom. The zero-order chi connectivity index (χ0) is 33.9. The molecule has 248 valence electrons.